The molecular weight excluding hydrogens is 226 g/mol. The van der Waals surface area contributed by atoms with Crippen molar-refractivity contribution in [2.45, 2.75) is 25.8 Å². The van der Waals surface area contributed by atoms with E-state index in [1.807, 2.05) is 24.0 Å². The van der Waals surface area contributed by atoms with Crippen LogP contribution in [0.4, 0.5) is 0 Å². The molecule has 0 aliphatic rings. The molecule has 3 N–H and O–H groups in total. The Morgan fingerprint density at radius 1 is 1.39 bits per heavy atom. The second-order valence-electron chi connectivity index (χ2n) is 4.31. The summed E-state index contributed by atoms with van der Waals surface area (Å²) in [5.74, 6) is 5.62. The summed E-state index contributed by atoms with van der Waals surface area (Å²) in [6.07, 6.45) is 5.45. The van der Waals surface area contributed by atoms with Crippen LogP contribution in [0.25, 0.3) is 0 Å². The van der Waals surface area contributed by atoms with Gasteiger partial charge in [0.1, 0.15) is 0 Å². The highest BCUT2D eigenvalue weighted by atomic mass is 15.3. The number of aromatic nitrogens is 3. The Labute approximate surface area is 107 Å². The van der Waals surface area contributed by atoms with Gasteiger partial charge < -0.3 is 0 Å². The maximum Gasteiger partial charge on any atom is 0.0684 e. The molecule has 0 saturated carbocycles. The van der Waals surface area contributed by atoms with Gasteiger partial charge in [0.2, 0.25) is 0 Å². The Morgan fingerprint density at radius 2 is 2.22 bits per heavy atom. The van der Waals surface area contributed by atoms with Gasteiger partial charge in [0, 0.05) is 31.6 Å². The van der Waals surface area contributed by atoms with Crippen LogP contribution >= 0.6 is 0 Å². The van der Waals surface area contributed by atoms with E-state index in [2.05, 4.69) is 34.6 Å². The summed E-state index contributed by atoms with van der Waals surface area (Å²) in [7, 11) is 1.91. The van der Waals surface area contributed by atoms with E-state index in [1.165, 1.54) is 5.56 Å². The fraction of sp³-hybridized carbons (Fsp3) is 0.385. The first-order valence-corrected chi connectivity index (χ1v) is 6.12. The van der Waals surface area contributed by atoms with E-state index in [4.69, 9.17) is 5.84 Å². The van der Waals surface area contributed by atoms with E-state index in [0.717, 1.165) is 24.2 Å². The van der Waals surface area contributed by atoms with Crippen LogP contribution in [0.1, 0.15) is 29.9 Å². The number of nitrogens with two attached hydrogens (primary N) is 1. The zero-order chi connectivity index (χ0) is 13.0. The van der Waals surface area contributed by atoms with E-state index in [0.29, 0.717) is 0 Å². The number of nitrogens with one attached hydrogen (secondary N) is 1. The molecule has 0 aliphatic carbocycles. The topological polar surface area (TPSA) is 68.8 Å². The molecule has 0 fully saturated rings. The molecule has 18 heavy (non-hydrogen) atoms. The summed E-state index contributed by atoms with van der Waals surface area (Å²) >= 11 is 0. The number of rotatable bonds is 5. The van der Waals surface area contributed by atoms with Gasteiger partial charge >= 0.3 is 0 Å². The molecule has 0 amide bonds. The standard InChI is InChI=1S/C13H19N5/c1-3-10-4-5-11(15-9-10)8-12(17-14)13-6-7-16-18(13)2/h4-7,9,12,17H,3,8,14H2,1-2H3. The highest BCUT2D eigenvalue weighted by Gasteiger charge is 2.14. The van der Waals surface area contributed by atoms with Crippen LogP contribution in [-0.2, 0) is 19.9 Å². The van der Waals surface area contributed by atoms with Crippen molar-refractivity contribution >= 4 is 0 Å². The molecule has 5 nitrogen and oxygen atoms in total. The van der Waals surface area contributed by atoms with E-state index in [9.17, 15) is 0 Å². The van der Waals surface area contributed by atoms with Crippen LogP contribution in [0.5, 0.6) is 0 Å². The average Bonchev–Trinajstić information content (AvgIpc) is 2.83. The third kappa shape index (κ3) is 2.75. The molecule has 96 valence electrons. The molecule has 2 aromatic heterocycles. The summed E-state index contributed by atoms with van der Waals surface area (Å²) in [6.45, 7) is 2.12. The molecule has 2 heterocycles. The fourth-order valence-electron chi connectivity index (χ4n) is 1.97. The van der Waals surface area contributed by atoms with Gasteiger partial charge in [0.25, 0.3) is 0 Å². The van der Waals surface area contributed by atoms with E-state index < -0.39 is 0 Å². The number of pyridine rings is 1. The zero-order valence-corrected chi connectivity index (χ0v) is 10.8. The Morgan fingerprint density at radius 3 is 2.72 bits per heavy atom. The minimum absolute atomic E-state index is 0.0254. The minimum atomic E-state index is 0.0254. The van der Waals surface area contributed by atoms with Crippen LogP contribution in [0.2, 0.25) is 0 Å². The maximum atomic E-state index is 5.62. The van der Waals surface area contributed by atoms with Crippen LogP contribution in [0.3, 0.4) is 0 Å². The first kappa shape index (κ1) is 12.7. The number of hydrogen-bond donors (Lipinski definition) is 2. The predicted molar refractivity (Wildman–Crippen MR) is 70.6 cm³/mol. The third-order valence-electron chi connectivity index (χ3n) is 3.12. The number of hydrogen-bond acceptors (Lipinski definition) is 4. The maximum absolute atomic E-state index is 5.62. The average molecular weight is 245 g/mol. The van der Waals surface area contributed by atoms with Crippen molar-refractivity contribution in [3.63, 3.8) is 0 Å². The van der Waals surface area contributed by atoms with Crippen LogP contribution in [-0.4, -0.2) is 14.8 Å². The van der Waals surface area contributed by atoms with Crippen molar-refractivity contribution in [3.05, 3.63) is 47.5 Å². The van der Waals surface area contributed by atoms with Crippen LogP contribution < -0.4 is 11.3 Å². The van der Waals surface area contributed by atoms with Crippen molar-refractivity contribution in [2.24, 2.45) is 12.9 Å². The molecule has 0 spiro atoms. The Balaban J connectivity index is 2.13. The molecule has 0 radical (unpaired) electrons. The molecule has 0 saturated heterocycles. The monoisotopic (exact) mass is 245 g/mol. The van der Waals surface area contributed by atoms with Crippen molar-refractivity contribution in [2.75, 3.05) is 0 Å². The van der Waals surface area contributed by atoms with E-state index in [1.54, 1.807) is 6.20 Å². The highest BCUT2D eigenvalue weighted by molar-refractivity contribution is 5.17. The Hall–Kier alpha value is -1.72. The van der Waals surface area contributed by atoms with Gasteiger partial charge in [-0.3, -0.25) is 20.9 Å². The summed E-state index contributed by atoms with van der Waals surface area (Å²) in [5, 5.41) is 4.16. The zero-order valence-electron chi connectivity index (χ0n) is 10.8. The predicted octanol–water partition coefficient (Wildman–Crippen LogP) is 1.12. The molecule has 0 bridgehead atoms. The lowest BCUT2D eigenvalue weighted by atomic mass is 10.1. The largest absolute Gasteiger partial charge is 0.271 e. The normalized spacial score (nSPS) is 12.6. The minimum Gasteiger partial charge on any atom is -0.271 e. The van der Waals surface area contributed by atoms with Gasteiger partial charge in [0.05, 0.1) is 11.7 Å². The molecular formula is C13H19N5. The summed E-state index contributed by atoms with van der Waals surface area (Å²) in [5.41, 5.74) is 6.15. The van der Waals surface area contributed by atoms with Crippen LogP contribution in [0.15, 0.2) is 30.6 Å². The second kappa shape index (κ2) is 5.75. The first-order valence-electron chi connectivity index (χ1n) is 6.12. The highest BCUT2D eigenvalue weighted by Crippen LogP contribution is 2.15. The second-order valence-corrected chi connectivity index (χ2v) is 4.31. The lowest BCUT2D eigenvalue weighted by molar-refractivity contribution is 0.504. The molecule has 1 atom stereocenters. The molecule has 2 rings (SSSR count). The van der Waals surface area contributed by atoms with Gasteiger partial charge in [-0.05, 0) is 24.1 Å². The molecule has 2 aromatic rings. The van der Waals surface area contributed by atoms with Crippen molar-refractivity contribution in [3.8, 4) is 0 Å². The van der Waals surface area contributed by atoms with Gasteiger partial charge in [-0.2, -0.15) is 5.10 Å². The van der Waals surface area contributed by atoms with Gasteiger partial charge in [-0.15, -0.1) is 0 Å². The van der Waals surface area contributed by atoms with Gasteiger partial charge in [-0.1, -0.05) is 13.0 Å². The lowest BCUT2D eigenvalue weighted by Crippen LogP contribution is -2.31. The Kier molecular flexibility index (Phi) is 4.07. The summed E-state index contributed by atoms with van der Waals surface area (Å²) in [4.78, 5) is 4.45. The van der Waals surface area contributed by atoms with E-state index in [-0.39, 0.29) is 6.04 Å². The smallest absolute Gasteiger partial charge is 0.0684 e. The summed E-state index contributed by atoms with van der Waals surface area (Å²) in [6, 6.07) is 6.15. The van der Waals surface area contributed by atoms with E-state index >= 15 is 0 Å². The van der Waals surface area contributed by atoms with Gasteiger partial charge in [-0.25, -0.2) is 0 Å². The summed E-state index contributed by atoms with van der Waals surface area (Å²) < 4.78 is 1.82. The van der Waals surface area contributed by atoms with Crippen molar-refractivity contribution < 1.29 is 0 Å². The molecule has 0 aliphatic heterocycles. The van der Waals surface area contributed by atoms with Crippen LogP contribution in [0, 0.1) is 0 Å². The SMILES string of the molecule is CCc1ccc(CC(NN)c2ccnn2C)nc1. The quantitative estimate of drug-likeness (QED) is 0.612. The molecule has 0 aromatic carbocycles. The number of hydrazine groups is 1. The van der Waals surface area contributed by atoms with Gasteiger partial charge in [0.15, 0.2) is 0 Å². The Bertz CT molecular complexity index is 488. The molecule has 1 unspecified atom stereocenters. The number of aryl methyl sites for hydroxylation is 2. The van der Waals surface area contributed by atoms with Crippen molar-refractivity contribution in [1.29, 1.82) is 0 Å². The third-order valence-corrected chi connectivity index (χ3v) is 3.12. The van der Waals surface area contributed by atoms with Crippen molar-refractivity contribution in [1.82, 2.24) is 20.2 Å². The lowest BCUT2D eigenvalue weighted by Gasteiger charge is -2.15. The fourth-order valence-corrected chi connectivity index (χ4v) is 1.97. The first-order chi connectivity index (χ1) is 8.74. The molecule has 5 heteroatoms. The number of nitrogens with zero attached hydrogens (tertiary/aromatic N) is 3.